The van der Waals surface area contributed by atoms with Gasteiger partial charge in [-0.05, 0) is 26.0 Å². The third kappa shape index (κ3) is 1.91. The van der Waals surface area contributed by atoms with Crippen LogP contribution in [0.25, 0.3) is 11.1 Å². The minimum Gasteiger partial charge on any atom is -0.462 e. The average Bonchev–Trinajstić information content (AvgIpc) is 2.29. The van der Waals surface area contributed by atoms with E-state index in [1.165, 1.54) is 6.20 Å². The van der Waals surface area contributed by atoms with Gasteiger partial charge in [-0.2, -0.15) is 0 Å². The summed E-state index contributed by atoms with van der Waals surface area (Å²) in [5.74, 6) is -0.441. The van der Waals surface area contributed by atoms with E-state index < -0.39 is 11.4 Å². The molecule has 0 aromatic carbocycles. The lowest BCUT2D eigenvalue weighted by molar-refractivity contribution is 0.0521. The van der Waals surface area contributed by atoms with Gasteiger partial charge in [-0.15, -0.1) is 0 Å². The molecule has 0 aliphatic rings. The maximum Gasteiger partial charge on any atom is 0.345 e. The summed E-state index contributed by atoms with van der Waals surface area (Å²) >= 11 is 0. The van der Waals surface area contributed by atoms with E-state index in [0.717, 1.165) is 0 Å². The van der Waals surface area contributed by atoms with Crippen LogP contribution in [0, 0.1) is 6.92 Å². The van der Waals surface area contributed by atoms with Crippen molar-refractivity contribution in [1.82, 2.24) is 4.98 Å². The molecule has 0 saturated carbocycles. The zero-order valence-corrected chi connectivity index (χ0v) is 9.52. The Labute approximate surface area is 97.0 Å². The highest BCUT2D eigenvalue weighted by Gasteiger charge is 2.19. The van der Waals surface area contributed by atoms with Crippen LogP contribution in [0.1, 0.15) is 23.0 Å². The predicted molar refractivity (Wildman–Crippen MR) is 61.0 cm³/mol. The molecular weight excluding hydrogens is 222 g/mol. The lowest BCUT2D eigenvalue weighted by Crippen LogP contribution is -2.19. The second-order valence-electron chi connectivity index (χ2n) is 3.44. The summed E-state index contributed by atoms with van der Waals surface area (Å²) in [4.78, 5) is 27.6. The number of carbonyl (C=O) groups excluding carboxylic acids is 1. The smallest absolute Gasteiger partial charge is 0.345 e. The Balaban J connectivity index is 2.72. The molecule has 2 rings (SSSR count). The van der Waals surface area contributed by atoms with E-state index in [0.29, 0.717) is 0 Å². The monoisotopic (exact) mass is 233 g/mol. The number of hydrogen-bond acceptors (Lipinski definition) is 5. The van der Waals surface area contributed by atoms with Crippen molar-refractivity contribution in [3.8, 4) is 0 Å². The molecule has 0 amide bonds. The lowest BCUT2D eigenvalue weighted by Gasteiger charge is -2.04. The third-order valence-corrected chi connectivity index (χ3v) is 2.32. The number of hydrogen-bond donors (Lipinski definition) is 0. The van der Waals surface area contributed by atoms with Gasteiger partial charge in [0, 0.05) is 6.20 Å². The van der Waals surface area contributed by atoms with Gasteiger partial charge in [-0.3, -0.25) is 4.79 Å². The van der Waals surface area contributed by atoms with Crippen molar-refractivity contribution in [3.05, 3.63) is 39.9 Å². The molecular formula is C12H11NO4. The highest BCUT2D eigenvalue weighted by Crippen LogP contribution is 2.13. The first-order valence-corrected chi connectivity index (χ1v) is 5.20. The van der Waals surface area contributed by atoms with E-state index in [1.54, 1.807) is 26.0 Å². The van der Waals surface area contributed by atoms with Crippen molar-refractivity contribution in [1.29, 1.82) is 0 Å². The minimum atomic E-state index is -0.662. The van der Waals surface area contributed by atoms with Gasteiger partial charge < -0.3 is 9.15 Å². The molecule has 0 unspecified atom stereocenters. The molecule has 5 nitrogen and oxygen atoms in total. The standard InChI is InChI=1S/C12H11NO4/c1-3-16-12(15)9-7(2)17-11-8(10(9)14)5-4-6-13-11/h4-6H,3H2,1-2H3. The lowest BCUT2D eigenvalue weighted by atomic mass is 10.1. The van der Waals surface area contributed by atoms with Crippen LogP contribution < -0.4 is 5.43 Å². The van der Waals surface area contributed by atoms with E-state index in [1.807, 2.05) is 0 Å². The van der Waals surface area contributed by atoms with Gasteiger partial charge in [-0.25, -0.2) is 9.78 Å². The largest absolute Gasteiger partial charge is 0.462 e. The number of esters is 1. The second kappa shape index (κ2) is 4.37. The van der Waals surface area contributed by atoms with Crippen LogP contribution in [0.5, 0.6) is 0 Å². The molecule has 88 valence electrons. The summed E-state index contributed by atoms with van der Waals surface area (Å²) in [6.07, 6.45) is 1.52. The summed E-state index contributed by atoms with van der Waals surface area (Å²) in [5, 5.41) is 0.279. The zero-order chi connectivity index (χ0) is 12.4. The Morgan fingerprint density at radius 3 is 3.00 bits per heavy atom. The molecule has 0 aliphatic carbocycles. The molecule has 0 saturated heterocycles. The van der Waals surface area contributed by atoms with Crippen molar-refractivity contribution in [2.45, 2.75) is 13.8 Å². The number of pyridine rings is 1. The number of aromatic nitrogens is 1. The number of ether oxygens (including phenoxy) is 1. The van der Waals surface area contributed by atoms with Gasteiger partial charge in [0.05, 0.1) is 12.0 Å². The Morgan fingerprint density at radius 2 is 2.29 bits per heavy atom. The average molecular weight is 233 g/mol. The second-order valence-corrected chi connectivity index (χ2v) is 3.44. The number of fused-ring (bicyclic) bond motifs is 1. The zero-order valence-electron chi connectivity index (χ0n) is 9.52. The molecule has 2 heterocycles. The van der Waals surface area contributed by atoms with Gasteiger partial charge in [0.1, 0.15) is 11.3 Å². The van der Waals surface area contributed by atoms with Gasteiger partial charge >= 0.3 is 5.97 Å². The maximum absolute atomic E-state index is 12.1. The summed E-state index contributed by atoms with van der Waals surface area (Å²) in [5.41, 5.74) is -0.245. The number of rotatable bonds is 2. The summed E-state index contributed by atoms with van der Waals surface area (Å²) in [6.45, 7) is 3.43. The molecule has 0 atom stereocenters. The van der Waals surface area contributed by atoms with Crippen LogP contribution in [-0.4, -0.2) is 17.6 Å². The van der Waals surface area contributed by atoms with Crippen molar-refractivity contribution < 1.29 is 13.9 Å². The molecule has 2 aromatic rings. The van der Waals surface area contributed by atoms with E-state index in [4.69, 9.17) is 9.15 Å². The number of carbonyl (C=O) groups is 1. The minimum absolute atomic E-state index is 0.0626. The van der Waals surface area contributed by atoms with Crippen LogP contribution in [-0.2, 0) is 4.74 Å². The van der Waals surface area contributed by atoms with E-state index in [9.17, 15) is 9.59 Å². The third-order valence-electron chi connectivity index (χ3n) is 2.32. The van der Waals surface area contributed by atoms with E-state index in [-0.39, 0.29) is 29.0 Å². The highest BCUT2D eigenvalue weighted by atomic mass is 16.5. The molecule has 5 heteroatoms. The fraction of sp³-hybridized carbons (Fsp3) is 0.250. The van der Waals surface area contributed by atoms with Crippen molar-refractivity contribution in [3.63, 3.8) is 0 Å². The van der Waals surface area contributed by atoms with Crippen LogP contribution in [0.2, 0.25) is 0 Å². The molecule has 0 N–H and O–H groups in total. The Morgan fingerprint density at radius 1 is 1.53 bits per heavy atom. The van der Waals surface area contributed by atoms with Crippen LogP contribution >= 0.6 is 0 Å². The van der Waals surface area contributed by atoms with Gasteiger partial charge in [0.25, 0.3) is 0 Å². The van der Waals surface area contributed by atoms with Crippen molar-refractivity contribution in [2.24, 2.45) is 0 Å². The maximum atomic E-state index is 12.1. The summed E-state index contributed by atoms with van der Waals surface area (Å²) in [7, 11) is 0. The predicted octanol–water partition coefficient (Wildman–Crippen LogP) is 1.67. The normalized spacial score (nSPS) is 10.5. The molecule has 0 spiro atoms. The molecule has 0 radical (unpaired) electrons. The Hall–Kier alpha value is -2.17. The number of nitrogens with zero attached hydrogens (tertiary/aromatic N) is 1. The molecule has 0 aliphatic heterocycles. The fourth-order valence-corrected chi connectivity index (χ4v) is 1.58. The van der Waals surface area contributed by atoms with E-state index >= 15 is 0 Å². The first kappa shape index (κ1) is 11.3. The van der Waals surface area contributed by atoms with Crippen molar-refractivity contribution >= 4 is 17.1 Å². The SMILES string of the molecule is CCOC(=O)c1c(C)oc2ncccc2c1=O. The summed E-state index contributed by atoms with van der Waals surface area (Å²) < 4.78 is 10.1. The van der Waals surface area contributed by atoms with Crippen LogP contribution in [0.15, 0.2) is 27.5 Å². The van der Waals surface area contributed by atoms with Gasteiger partial charge in [-0.1, -0.05) is 0 Å². The Kier molecular flexibility index (Phi) is 2.91. The summed E-state index contributed by atoms with van der Waals surface area (Å²) in [6, 6.07) is 3.18. The van der Waals surface area contributed by atoms with Crippen LogP contribution in [0.3, 0.4) is 0 Å². The quantitative estimate of drug-likeness (QED) is 0.738. The van der Waals surface area contributed by atoms with Crippen molar-refractivity contribution in [2.75, 3.05) is 6.61 Å². The van der Waals surface area contributed by atoms with E-state index in [2.05, 4.69) is 4.98 Å². The molecule has 17 heavy (non-hydrogen) atoms. The highest BCUT2D eigenvalue weighted by molar-refractivity contribution is 5.93. The topological polar surface area (TPSA) is 69.4 Å². The first-order valence-electron chi connectivity index (χ1n) is 5.20. The first-order chi connectivity index (χ1) is 8.15. The molecule has 0 bridgehead atoms. The van der Waals surface area contributed by atoms with Gasteiger partial charge in [0.2, 0.25) is 11.1 Å². The van der Waals surface area contributed by atoms with Crippen LogP contribution in [0.4, 0.5) is 0 Å². The Bertz CT molecular complexity index is 630. The molecule has 0 fully saturated rings. The fourth-order valence-electron chi connectivity index (χ4n) is 1.58. The molecule has 2 aromatic heterocycles. The number of aryl methyl sites for hydroxylation is 1. The van der Waals surface area contributed by atoms with Gasteiger partial charge in [0.15, 0.2) is 0 Å².